The molecular weight excluding hydrogens is 590 g/mol. The molecule has 10 nitrogen and oxygen atoms in total. The predicted octanol–water partition coefficient (Wildman–Crippen LogP) is 5.76. The quantitative estimate of drug-likeness (QED) is 0.139. The first kappa shape index (κ1) is 29.8. The van der Waals surface area contributed by atoms with Crippen molar-refractivity contribution in [2.24, 2.45) is 0 Å². The first-order chi connectivity index (χ1) is 22.0. The third kappa shape index (κ3) is 6.34. The van der Waals surface area contributed by atoms with Gasteiger partial charge in [0.25, 0.3) is 5.91 Å². The number of rotatable bonds is 11. The van der Waals surface area contributed by atoms with Gasteiger partial charge in [0.2, 0.25) is 5.91 Å². The van der Waals surface area contributed by atoms with E-state index in [0.717, 1.165) is 22.0 Å². The SMILES string of the molecule is COc1cccc(NC(=O)CSc2nc3cc(C(=O)NCCc4ccc(OC)c(OC)c4)ccc3c3nc4ccccc4n23)c1. The molecule has 4 aromatic carbocycles. The summed E-state index contributed by atoms with van der Waals surface area (Å²) >= 11 is 1.30. The number of para-hydroxylation sites is 2. The Morgan fingerprint density at radius 3 is 2.49 bits per heavy atom. The second-order valence-electron chi connectivity index (χ2n) is 10.1. The van der Waals surface area contributed by atoms with Crippen molar-refractivity contribution in [3.63, 3.8) is 0 Å². The van der Waals surface area contributed by atoms with E-state index < -0.39 is 0 Å². The lowest BCUT2D eigenvalue weighted by Crippen LogP contribution is -2.25. The number of methoxy groups -OCH3 is 3. The molecule has 0 aliphatic heterocycles. The molecule has 0 saturated heterocycles. The Hall–Kier alpha value is -5.29. The summed E-state index contributed by atoms with van der Waals surface area (Å²) in [4.78, 5) is 35.9. The number of hydrogen-bond acceptors (Lipinski definition) is 8. The van der Waals surface area contributed by atoms with Crippen molar-refractivity contribution in [2.75, 3.05) is 38.9 Å². The highest BCUT2D eigenvalue weighted by molar-refractivity contribution is 7.99. The highest BCUT2D eigenvalue weighted by Gasteiger charge is 2.17. The fraction of sp³-hybridized carbons (Fsp3) is 0.176. The van der Waals surface area contributed by atoms with Gasteiger partial charge in [-0.25, -0.2) is 9.97 Å². The molecule has 2 amide bonds. The molecular formula is C34H31N5O5S. The summed E-state index contributed by atoms with van der Waals surface area (Å²) in [6.07, 6.45) is 0.623. The van der Waals surface area contributed by atoms with Gasteiger partial charge < -0.3 is 24.8 Å². The molecule has 2 aromatic heterocycles. The molecule has 0 aliphatic carbocycles. The van der Waals surface area contributed by atoms with Gasteiger partial charge in [0.15, 0.2) is 16.7 Å². The number of nitrogens with one attached hydrogen (secondary N) is 2. The van der Waals surface area contributed by atoms with Crippen molar-refractivity contribution in [3.05, 3.63) is 96.1 Å². The third-order valence-corrected chi connectivity index (χ3v) is 8.24. The summed E-state index contributed by atoms with van der Waals surface area (Å²) in [5.74, 6) is 1.68. The molecule has 0 radical (unpaired) electrons. The normalized spacial score (nSPS) is 11.1. The largest absolute Gasteiger partial charge is 0.497 e. The van der Waals surface area contributed by atoms with Crippen LogP contribution >= 0.6 is 11.8 Å². The molecule has 0 fully saturated rings. The minimum Gasteiger partial charge on any atom is -0.497 e. The van der Waals surface area contributed by atoms with E-state index in [1.165, 1.54) is 11.8 Å². The number of carbonyl (C=O) groups is 2. The summed E-state index contributed by atoms with van der Waals surface area (Å²) in [6.45, 7) is 0.438. The Labute approximate surface area is 263 Å². The van der Waals surface area contributed by atoms with Crippen LogP contribution in [-0.4, -0.2) is 59.8 Å². The zero-order valence-corrected chi connectivity index (χ0v) is 25.8. The van der Waals surface area contributed by atoms with Crippen molar-refractivity contribution < 1.29 is 23.8 Å². The molecule has 2 N–H and O–H groups in total. The Bertz CT molecular complexity index is 2040. The number of fused-ring (bicyclic) bond motifs is 5. The molecule has 6 rings (SSSR count). The van der Waals surface area contributed by atoms with Crippen LogP contribution in [0, 0.1) is 0 Å². The predicted molar refractivity (Wildman–Crippen MR) is 176 cm³/mol. The fourth-order valence-electron chi connectivity index (χ4n) is 5.09. The van der Waals surface area contributed by atoms with Crippen molar-refractivity contribution in [1.29, 1.82) is 0 Å². The van der Waals surface area contributed by atoms with Crippen molar-refractivity contribution in [2.45, 2.75) is 11.6 Å². The van der Waals surface area contributed by atoms with Gasteiger partial charge in [0.05, 0.1) is 43.6 Å². The highest BCUT2D eigenvalue weighted by Crippen LogP contribution is 2.30. The van der Waals surface area contributed by atoms with Gasteiger partial charge in [-0.2, -0.15) is 0 Å². The van der Waals surface area contributed by atoms with E-state index in [1.54, 1.807) is 45.6 Å². The molecule has 0 aliphatic rings. The van der Waals surface area contributed by atoms with Gasteiger partial charge in [-0.15, -0.1) is 0 Å². The smallest absolute Gasteiger partial charge is 0.251 e. The number of thioether (sulfide) groups is 1. The standard InChI is InChI=1S/C34H31N5O5S/c1-42-24-8-6-7-23(19-24)36-31(40)20-45-34-38-27-18-22(12-13-25(27)32-37-26-9-4-5-10-28(26)39(32)34)33(41)35-16-15-21-11-14-29(43-2)30(17-21)44-3/h4-14,17-19H,15-16,20H2,1-3H3,(H,35,41)(H,36,40). The van der Waals surface area contributed by atoms with E-state index >= 15 is 0 Å². The lowest BCUT2D eigenvalue weighted by Gasteiger charge is -2.11. The number of amides is 2. The molecule has 2 heterocycles. The van der Waals surface area contributed by atoms with E-state index in [-0.39, 0.29) is 17.6 Å². The van der Waals surface area contributed by atoms with E-state index in [1.807, 2.05) is 65.1 Å². The van der Waals surface area contributed by atoms with E-state index in [9.17, 15) is 9.59 Å². The minimum absolute atomic E-state index is 0.119. The van der Waals surface area contributed by atoms with Gasteiger partial charge >= 0.3 is 0 Å². The van der Waals surface area contributed by atoms with Gasteiger partial charge in [0.1, 0.15) is 11.4 Å². The summed E-state index contributed by atoms with van der Waals surface area (Å²) in [7, 11) is 4.77. The van der Waals surface area contributed by atoms with Crippen LogP contribution in [0.3, 0.4) is 0 Å². The zero-order valence-electron chi connectivity index (χ0n) is 25.0. The summed E-state index contributed by atoms with van der Waals surface area (Å²) < 4.78 is 17.9. The van der Waals surface area contributed by atoms with Gasteiger partial charge in [0, 0.05) is 29.2 Å². The Morgan fingerprint density at radius 2 is 1.67 bits per heavy atom. The summed E-state index contributed by atoms with van der Waals surface area (Å²) in [5, 5.41) is 7.31. The average Bonchev–Trinajstić information content (AvgIpc) is 3.47. The Morgan fingerprint density at radius 1 is 0.822 bits per heavy atom. The maximum Gasteiger partial charge on any atom is 0.251 e. The van der Waals surface area contributed by atoms with Gasteiger partial charge in [-0.1, -0.05) is 36.0 Å². The van der Waals surface area contributed by atoms with Crippen LogP contribution in [0.2, 0.25) is 0 Å². The summed E-state index contributed by atoms with van der Waals surface area (Å²) in [5.41, 5.74) is 5.15. The number of hydrogen-bond donors (Lipinski definition) is 2. The monoisotopic (exact) mass is 621 g/mol. The molecule has 228 valence electrons. The average molecular weight is 622 g/mol. The first-order valence-electron chi connectivity index (χ1n) is 14.2. The number of imidazole rings is 1. The minimum atomic E-state index is -0.209. The number of ether oxygens (including phenoxy) is 3. The molecule has 0 atom stereocenters. The van der Waals surface area contributed by atoms with E-state index in [0.29, 0.717) is 57.8 Å². The molecule has 0 bridgehead atoms. The zero-order chi connectivity index (χ0) is 31.3. The molecule has 0 saturated carbocycles. The first-order valence-corrected chi connectivity index (χ1v) is 15.2. The molecule has 0 spiro atoms. The lowest BCUT2D eigenvalue weighted by molar-refractivity contribution is -0.113. The van der Waals surface area contributed by atoms with Crippen LogP contribution in [0.4, 0.5) is 5.69 Å². The van der Waals surface area contributed by atoms with Crippen LogP contribution in [0.25, 0.3) is 27.6 Å². The molecule has 0 unspecified atom stereocenters. The second kappa shape index (κ2) is 13.1. The maximum atomic E-state index is 13.2. The van der Waals surface area contributed by atoms with Crippen molar-refractivity contribution >= 4 is 56.8 Å². The van der Waals surface area contributed by atoms with Crippen LogP contribution in [0.5, 0.6) is 17.2 Å². The summed E-state index contributed by atoms with van der Waals surface area (Å²) in [6, 6.07) is 26.1. The molecule has 6 aromatic rings. The topological polar surface area (TPSA) is 116 Å². The lowest BCUT2D eigenvalue weighted by atomic mass is 10.1. The Kier molecular flexibility index (Phi) is 8.70. The number of benzene rings is 4. The van der Waals surface area contributed by atoms with Crippen LogP contribution < -0.4 is 24.8 Å². The van der Waals surface area contributed by atoms with Crippen molar-refractivity contribution in [1.82, 2.24) is 19.7 Å². The van der Waals surface area contributed by atoms with Crippen LogP contribution in [0.15, 0.2) is 90.1 Å². The van der Waals surface area contributed by atoms with Gasteiger partial charge in [-0.05, 0) is 66.6 Å². The Balaban J connectivity index is 1.24. The second-order valence-corrected chi connectivity index (χ2v) is 11.1. The van der Waals surface area contributed by atoms with Crippen LogP contribution in [0.1, 0.15) is 15.9 Å². The molecule has 45 heavy (non-hydrogen) atoms. The van der Waals surface area contributed by atoms with Crippen LogP contribution in [-0.2, 0) is 11.2 Å². The third-order valence-electron chi connectivity index (χ3n) is 7.30. The number of anilines is 1. The number of aromatic nitrogens is 3. The maximum absolute atomic E-state index is 13.2. The molecule has 11 heteroatoms. The van der Waals surface area contributed by atoms with E-state index in [2.05, 4.69) is 10.6 Å². The van der Waals surface area contributed by atoms with E-state index in [4.69, 9.17) is 24.2 Å². The number of carbonyl (C=O) groups excluding carboxylic acids is 2. The number of nitrogens with zero attached hydrogens (tertiary/aromatic N) is 3. The van der Waals surface area contributed by atoms with Crippen molar-refractivity contribution in [3.8, 4) is 17.2 Å². The highest BCUT2D eigenvalue weighted by atomic mass is 32.2. The fourth-order valence-corrected chi connectivity index (χ4v) is 5.90. The van der Waals surface area contributed by atoms with Gasteiger partial charge in [-0.3, -0.25) is 14.0 Å².